The summed E-state index contributed by atoms with van der Waals surface area (Å²) in [7, 11) is 0. The fraction of sp³-hybridized carbons (Fsp3) is 0.105. The predicted molar refractivity (Wildman–Crippen MR) is 100 cm³/mol. The maximum Gasteiger partial charge on any atom is 0.164 e. The summed E-state index contributed by atoms with van der Waals surface area (Å²) < 4.78 is 1.96. The molecule has 2 aromatic carbocycles. The predicted octanol–water partition coefficient (Wildman–Crippen LogP) is 4.80. The Labute approximate surface area is 149 Å². The van der Waals surface area contributed by atoms with Crippen molar-refractivity contribution in [2.24, 2.45) is 4.99 Å². The Balaban J connectivity index is 1.96. The van der Waals surface area contributed by atoms with E-state index in [4.69, 9.17) is 11.6 Å². The van der Waals surface area contributed by atoms with Gasteiger partial charge in [0.25, 0.3) is 0 Å². The van der Waals surface area contributed by atoms with Gasteiger partial charge in [-0.05, 0) is 56.3 Å². The molecule has 0 saturated carbocycles. The van der Waals surface area contributed by atoms with E-state index in [0.29, 0.717) is 10.7 Å². The molecule has 126 valence electrons. The minimum absolute atomic E-state index is 0.0515. The molecule has 5 nitrogen and oxygen atoms in total. The molecular formula is C19H16ClN3O2. The number of aromatic nitrogens is 2. The number of carbonyl (C=O) groups excluding carboxylic acids is 1. The minimum atomic E-state index is -0.239. The van der Waals surface area contributed by atoms with E-state index in [2.05, 4.69) is 9.98 Å². The number of ketones is 1. The number of hydrogen-bond acceptors (Lipinski definition) is 4. The molecular weight excluding hydrogens is 338 g/mol. The molecule has 1 heterocycles. The van der Waals surface area contributed by atoms with Crippen LogP contribution in [0, 0.1) is 0 Å². The number of imidazole rings is 1. The van der Waals surface area contributed by atoms with E-state index < -0.39 is 0 Å². The zero-order valence-corrected chi connectivity index (χ0v) is 14.5. The van der Waals surface area contributed by atoms with Crippen LogP contribution in [-0.2, 0) is 4.79 Å². The van der Waals surface area contributed by atoms with Crippen LogP contribution in [0.2, 0.25) is 5.02 Å². The van der Waals surface area contributed by atoms with Crippen LogP contribution in [0.25, 0.3) is 16.7 Å². The SMILES string of the molecule is CC(=O)/C(C=Nc1ccc2c(c1)ncn2-c1ccc(Cl)cc1)=C(\C)O. The third-order valence-electron chi connectivity index (χ3n) is 3.75. The van der Waals surface area contributed by atoms with E-state index in [1.54, 1.807) is 6.33 Å². The molecule has 0 aliphatic carbocycles. The number of benzene rings is 2. The molecule has 0 unspecified atom stereocenters. The van der Waals surface area contributed by atoms with Gasteiger partial charge in [0.1, 0.15) is 12.1 Å². The Morgan fingerprint density at radius 1 is 1.20 bits per heavy atom. The molecule has 1 N–H and O–H groups in total. The Kier molecular flexibility index (Phi) is 4.67. The summed E-state index contributed by atoms with van der Waals surface area (Å²) in [5.74, 6) is -0.291. The molecule has 0 amide bonds. The lowest BCUT2D eigenvalue weighted by Crippen LogP contribution is -2.01. The van der Waals surface area contributed by atoms with Crippen LogP contribution in [0.4, 0.5) is 5.69 Å². The highest BCUT2D eigenvalue weighted by Crippen LogP contribution is 2.24. The Morgan fingerprint density at radius 3 is 2.56 bits per heavy atom. The first-order chi connectivity index (χ1) is 12.0. The molecule has 0 bridgehead atoms. The van der Waals surface area contributed by atoms with E-state index in [1.165, 1.54) is 20.1 Å². The molecule has 3 aromatic rings. The van der Waals surface area contributed by atoms with E-state index in [9.17, 15) is 9.90 Å². The number of fused-ring (bicyclic) bond motifs is 1. The second-order valence-corrected chi connectivity index (χ2v) is 6.01. The maximum absolute atomic E-state index is 11.5. The van der Waals surface area contributed by atoms with Gasteiger partial charge in [-0.3, -0.25) is 14.4 Å². The van der Waals surface area contributed by atoms with Crippen molar-refractivity contribution in [2.75, 3.05) is 0 Å². The minimum Gasteiger partial charge on any atom is -0.512 e. The van der Waals surface area contributed by atoms with Gasteiger partial charge in [0.2, 0.25) is 0 Å². The normalized spacial score (nSPS) is 12.6. The fourth-order valence-corrected chi connectivity index (χ4v) is 2.59. The monoisotopic (exact) mass is 353 g/mol. The van der Waals surface area contributed by atoms with Crippen LogP contribution in [-0.4, -0.2) is 26.7 Å². The summed E-state index contributed by atoms with van der Waals surface area (Å²) in [5, 5.41) is 10.2. The van der Waals surface area contributed by atoms with Crippen LogP contribution >= 0.6 is 11.6 Å². The standard InChI is InChI=1S/C19H16ClN3O2/c1-12(24)17(13(2)25)10-21-15-5-8-19-18(9-15)22-11-23(19)16-6-3-14(20)4-7-16/h3-11,24H,1-2H3/b17-12+,21-10?. The third-order valence-corrected chi connectivity index (χ3v) is 4.00. The number of carbonyl (C=O) groups is 1. The maximum atomic E-state index is 11.5. The largest absolute Gasteiger partial charge is 0.512 e. The van der Waals surface area contributed by atoms with Gasteiger partial charge in [0.15, 0.2) is 5.78 Å². The third kappa shape index (κ3) is 3.61. The van der Waals surface area contributed by atoms with Gasteiger partial charge in [-0.2, -0.15) is 0 Å². The highest BCUT2D eigenvalue weighted by atomic mass is 35.5. The van der Waals surface area contributed by atoms with Crippen LogP contribution in [0.1, 0.15) is 13.8 Å². The van der Waals surface area contributed by atoms with Crippen molar-refractivity contribution >= 4 is 40.3 Å². The molecule has 0 fully saturated rings. The first-order valence-corrected chi connectivity index (χ1v) is 8.01. The van der Waals surface area contributed by atoms with Crippen LogP contribution in [0.15, 0.2) is 65.1 Å². The van der Waals surface area contributed by atoms with Crippen molar-refractivity contribution in [1.82, 2.24) is 9.55 Å². The van der Waals surface area contributed by atoms with Gasteiger partial charge in [0, 0.05) is 16.9 Å². The van der Waals surface area contributed by atoms with Crippen molar-refractivity contribution in [3.63, 3.8) is 0 Å². The Bertz CT molecular complexity index is 997. The van der Waals surface area contributed by atoms with Crippen LogP contribution in [0.5, 0.6) is 0 Å². The zero-order valence-electron chi connectivity index (χ0n) is 13.8. The molecule has 0 radical (unpaired) electrons. The van der Waals surface area contributed by atoms with E-state index in [-0.39, 0.29) is 17.1 Å². The van der Waals surface area contributed by atoms with Gasteiger partial charge in [-0.15, -0.1) is 0 Å². The number of nitrogens with zero attached hydrogens (tertiary/aromatic N) is 3. The molecule has 0 saturated heterocycles. The average Bonchev–Trinajstić information content (AvgIpc) is 2.98. The lowest BCUT2D eigenvalue weighted by atomic mass is 10.2. The number of aliphatic imine (C=N–C) groups is 1. The van der Waals surface area contributed by atoms with Gasteiger partial charge in [0.05, 0.1) is 22.3 Å². The summed E-state index contributed by atoms with van der Waals surface area (Å²) in [5.41, 5.74) is 3.50. The number of Topliss-reactive ketones (excluding diaryl/α,β-unsaturated/α-hetero) is 1. The van der Waals surface area contributed by atoms with E-state index in [0.717, 1.165) is 16.7 Å². The molecule has 0 aliphatic rings. The number of rotatable bonds is 4. The lowest BCUT2D eigenvalue weighted by Gasteiger charge is -2.04. The quantitative estimate of drug-likeness (QED) is 0.416. The first-order valence-electron chi connectivity index (χ1n) is 7.63. The molecule has 0 spiro atoms. The number of aliphatic hydroxyl groups is 1. The summed E-state index contributed by atoms with van der Waals surface area (Å²) in [4.78, 5) is 20.1. The van der Waals surface area contributed by atoms with Gasteiger partial charge in [-0.1, -0.05) is 11.6 Å². The topological polar surface area (TPSA) is 67.5 Å². The molecule has 1 aromatic heterocycles. The number of aliphatic hydroxyl groups excluding tert-OH is 1. The number of halogens is 1. The van der Waals surface area contributed by atoms with Crippen molar-refractivity contribution in [3.05, 3.63) is 65.1 Å². The van der Waals surface area contributed by atoms with Crippen molar-refractivity contribution < 1.29 is 9.90 Å². The molecule has 3 rings (SSSR count). The molecule has 6 heteroatoms. The van der Waals surface area contributed by atoms with Gasteiger partial charge in [-0.25, -0.2) is 4.98 Å². The number of allylic oxidation sites excluding steroid dienone is 2. The van der Waals surface area contributed by atoms with Crippen molar-refractivity contribution in [1.29, 1.82) is 0 Å². The first kappa shape index (κ1) is 16.9. The lowest BCUT2D eigenvalue weighted by molar-refractivity contribution is -0.113. The average molecular weight is 354 g/mol. The van der Waals surface area contributed by atoms with Crippen molar-refractivity contribution in [2.45, 2.75) is 13.8 Å². The molecule has 25 heavy (non-hydrogen) atoms. The van der Waals surface area contributed by atoms with Crippen molar-refractivity contribution in [3.8, 4) is 5.69 Å². The van der Waals surface area contributed by atoms with Crippen LogP contribution in [0.3, 0.4) is 0 Å². The van der Waals surface area contributed by atoms with Gasteiger partial charge >= 0.3 is 0 Å². The summed E-state index contributed by atoms with van der Waals surface area (Å²) in [6, 6.07) is 13.1. The van der Waals surface area contributed by atoms with E-state index in [1.807, 2.05) is 47.0 Å². The summed E-state index contributed by atoms with van der Waals surface area (Å²) in [6.45, 7) is 2.85. The van der Waals surface area contributed by atoms with Gasteiger partial charge < -0.3 is 5.11 Å². The summed E-state index contributed by atoms with van der Waals surface area (Å²) >= 11 is 5.93. The molecule has 0 aliphatic heterocycles. The van der Waals surface area contributed by atoms with E-state index >= 15 is 0 Å². The zero-order chi connectivity index (χ0) is 18.0. The fourth-order valence-electron chi connectivity index (χ4n) is 2.47. The molecule has 0 atom stereocenters. The highest BCUT2D eigenvalue weighted by molar-refractivity contribution is 6.30. The Morgan fingerprint density at radius 2 is 1.92 bits per heavy atom. The van der Waals surface area contributed by atoms with Crippen LogP contribution < -0.4 is 0 Å². The Hall–Kier alpha value is -2.92. The highest BCUT2D eigenvalue weighted by Gasteiger charge is 2.07. The number of hydrogen-bond donors (Lipinski definition) is 1. The second kappa shape index (κ2) is 6.91. The second-order valence-electron chi connectivity index (χ2n) is 5.58. The summed E-state index contributed by atoms with van der Waals surface area (Å²) in [6.07, 6.45) is 3.11. The smallest absolute Gasteiger partial charge is 0.164 e.